The second kappa shape index (κ2) is 7.39. The van der Waals surface area contributed by atoms with Crippen LogP contribution in [0, 0.1) is 0 Å². The van der Waals surface area contributed by atoms with Crippen LogP contribution in [-0.4, -0.2) is 45.2 Å². The van der Waals surface area contributed by atoms with E-state index in [0.29, 0.717) is 17.6 Å². The van der Waals surface area contributed by atoms with Crippen LogP contribution in [-0.2, 0) is 4.79 Å². The molecule has 138 valence electrons. The number of benzene rings is 1. The molecule has 1 amide bonds. The van der Waals surface area contributed by atoms with E-state index in [-0.39, 0.29) is 5.91 Å². The van der Waals surface area contributed by atoms with Gasteiger partial charge in [0.2, 0.25) is 0 Å². The van der Waals surface area contributed by atoms with Gasteiger partial charge >= 0.3 is 0 Å². The molecule has 4 rings (SSSR count). The van der Waals surface area contributed by atoms with Crippen LogP contribution >= 0.6 is 15.9 Å². The summed E-state index contributed by atoms with van der Waals surface area (Å²) in [5.41, 5.74) is 0. The fourth-order valence-electron chi connectivity index (χ4n) is 3.39. The first-order chi connectivity index (χ1) is 12.6. The molecule has 0 bridgehead atoms. The number of likely N-dealkylation sites (tertiary alicyclic amines) is 1. The van der Waals surface area contributed by atoms with Gasteiger partial charge in [-0.1, -0.05) is 15.9 Å². The van der Waals surface area contributed by atoms with Crippen molar-refractivity contribution in [2.24, 2.45) is 0 Å². The maximum atomic E-state index is 12.7. The van der Waals surface area contributed by atoms with Gasteiger partial charge in [0.05, 0.1) is 0 Å². The Hall–Kier alpha value is -1.89. The third-order valence-corrected chi connectivity index (χ3v) is 5.66. The molecule has 1 unspecified atom stereocenters. The van der Waals surface area contributed by atoms with Crippen LogP contribution in [0.1, 0.15) is 56.1 Å². The fraction of sp³-hybridized carbons (Fsp3) is 0.526. The quantitative estimate of drug-likeness (QED) is 0.804. The second-order valence-corrected chi connectivity index (χ2v) is 8.08. The van der Waals surface area contributed by atoms with Crippen LogP contribution in [0.3, 0.4) is 0 Å². The minimum absolute atomic E-state index is 0.0441. The number of aromatic nitrogens is 3. The normalized spacial score (nSPS) is 19.4. The van der Waals surface area contributed by atoms with Gasteiger partial charge in [0.25, 0.3) is 5.91 Å². The van der Waals surface area contributed by atoms with E-state index in [1.807, 2.05) is 36.1 Å². The highest BCUT2D eigenvalue weighted by Crippen LogP contribution is 2.38. The van der Waals surface area contributed by atoms with Crippen molar-refractivity contribution in [3.8, 4) is 5.75 Å². The summed E-state index contributed by atoms with van der Waals surface area (Å²) in [6, 6.07) is 7.54. The molecule has 0 spiro atoms. The summed E-state index contributed by atoms with van der Waals surface area (Å²) >= 11 is 3.40. The molecule has 2 heterocycles. The molecule has 1 aliphatic carbocycles. The Labute approximate surface area is 161 Å². The summed E-state index contributed by atoms with van der Waals surface area (Å²) < 4.78 is 6.78. The van der Waals surface area contributed by atoms with E-state index in [2.05, 4.69) is 31.1 Å². The molecular formula is C19H23BrN4O2. The highest BCUT2D eigenvalue weighted by molar-refractivity contribution is 9.10. The zero-order chi connectivity index (χ0) is 18.1. The molecule has 1 aromatic carbocycles. The minimum atomic E-state index is -0.487. The number of hydrogen-bond donors (Lipinski definition) is 1. The lowest BCUT2D eigenvalue weighted by Crippen LogP contribution is -2.44. The number of ether oxygens (including phenoxy) is 1. The maximum Gasteiger partial charge on any atom is 0.263 e. The first-order valence-electron chi connectivity index (χ1n) is 9.23. The molecule has 7 heteroatoms. The van der Waals surface area contributed by atoms with E-state index < -0.39 is 6.10 Å². The number of nitrogens with one attached hydrogen (secondary N) is 1. The predicted octanol–water partition coefficient (Wildman–Crippen LogP) is 3.62. The number of nitrogens with zero attached hydrogens (tertiary/aromatic N) is 3. The number of aromatic amines is 1. The van der Waals surface area contributed by atoms with Crippen molar-refractivity contribution >= 4 is 21.8 Å². The molecule has 1 N–H and O–H groups in total. The van der Waals surface area contributed by atoms with Crippen LogP contribution in [0.15, 0.2) is 28.7 Å². The van der Waals surface area contributed by atoms with Crippen LogP contribution < -0.4 is 4.74 Å². The van der Waals surface area contributed by atoms with Crippen LogP contribution in [0.5, 0.6) is 5.75 Å². The number of carbonyl (C=O) groups excluding carboxylic acids is 1. The largest absolute Gasteiger partial charge is 0.481 e. The number of H-pyrrole nitrogens is 1. The highest BCUT2D eigenvalue weighted by atomic mass is 79.9. The third-order valence-electron chi connectivity index (χ3n) is 5.13. The molecule has 1 aliphatic heterocycles. The third kappa shape index (κ3) is 3.92. The Morgan fingerprint density at radius 2 is 1.88 bits per heavy atom. The van der Waals surface area contributed by atoms with Crippen molar-refractivity contribution in [1.29, 1.82) is 0 Å². The monoisotopic (exact) mass is 418 g/mol. The summed E-state index contributed by atoms with van der Waals surface area (Å²) in [4.78, 5) is 19.2. The molecule has 2 aromatic rings. The first-order valence-corrected chi connectivity index (χ1v) is 10.0. The zero-order valence-electron chi connectivity index (χ0n) is 14.8. The van der Waals surface area contributed by atoms with Gasteiger partial charge in [0, 0.05) is 29.4 Å². The number of piperidine rings is 1. The van der Waals surface area contributed by atoms with Crippen LogP contribution in [0.25, 0.3) is 0 Å². The highest BCUT2D eigenvalue weighted by Gasteiger charge is 2.31. The smallest absolute Gasteiger partial charge is 0.263 e. The number of amides is 1. The molecular weight excluding hydrogens is 396 g/mol. The van der Waals surface area contributed by atoms with Crippen LogP contribution in [0.2, 0.25) is 0 Å². The van der Waals surface area contributed by atoms with Crippen molar-refractivity contribution < 1.29 is 9.53 Å². The van der Waals surface area contributed by atoms with Gasteiger partial charge in [-0.15, -0.1) is 0 Å². The molecule has 2 fully saturated rings. The molecule has 6 nitrogen and oxygen atoms in total. The van der Waals surface area contributed by atoms with E-state index >= 15 is 0 Å². The molecule has 1 aromatic heterocycles. The summed E-state index contributed by atoms with van der Waals surface area (Å²) in [6.07, 6.45) is 3.76. The number of carbonyl (C=O) groups is 1. The molecule has 1 saturated heterocycles. The van der Waals surface area contributed by atoms with Gasteiger partial charge in [-0.25, -0.2) is 4.98 Å². The van der Waals surface area contributed by atoms with Gasteiger partial charge in [-0.2, -0.15) is 5.10 Å². The Morgan fingerprint density at radius 3 is 2.54 bits per heavy atom. The first kappa shape index (κ1) is 17.5. The van der Waals surface area contributed by atoms with Gasteiger partial charge in [-0.05, 0) is 56.9 Å². The number of halogens is 1. The molecule has 1 atom stereocenters. The molecule has 26 heavy (non-hydrogen) atoms. The predicted molar refractivity (Wildman–Crippen MR) is 101 cm³/mol. The Morgan fingerprint density at radius 1 is 1.19 bits per heavy atom. The standard InChI is InChI=1S/C19H23BrN4O2/c1-12(26-16-6-4-15(20)5-7-16)19(25)24-10-8-14(9-11-24)18-21-17(22-23-18)13-2-3-13/h4-7,12-14H,2-3,8-11H2,1H3,(H,21,22,23). The van der Waals surface area contributed by atoms with Gasteiger partial charge in [-0.3, -0.25) is 9.89 Å². The molecule has 2 aliphatic rings. The SMILES string of the molecule is CC(Oc1ccc(Br)cc1)C(=O)N1CCC(c2nc(C3CC3)n[nH]2)CC1. The Bertz CT molecular complexity index is 764. The summed E-state index contributed by atoms with van der Waals surface area (Å²) in [5, 5.41) is 7.46. The van der Waals surface area contributed by atoms with Gasteiger partial charge < -0.3 is 9.64 Å². The Kier molecular flexibility index (Phi) is 4.98. The average molecular weight is 419 g/mol. The summed E-state index contributed by atoms with van der Waals surface area (Å²) in [6.45, 7) is 3.28. The summed E-state index contributed by atoms with van der Waals surface area (Å²) in [7, 11) is 0. The number of hydrogen-bond acceptors (Lipinski definition) is 4. The van der Waals surface area contributed by atoms with Crippen molar-refractivity contribution in [3.63, 3.8) is 0 Å². The van der Waals surface area contributed by atoms with E-state index in [0.717, 1.165) is 42.1 Å². The van der Waals surface area contributed by atoms with Crippen molar-refractivity contribution in [3.05, 3.63) is 40.4 Å². The lowest BCUT2D eigenvalue weighted by atomic mass is 9.96. The maximum absolute atomic E-state index is 12.7. The van der Waals surface area contributed by atoms with E-state index in [9.17, 15) is 4.79 Å². The fourth-order valence-corrected chi connectivity index (χ4v) is 3.66. The number of rotatable bonds is 5. The van der Waals surface area contributed by atoms with Gasteiger partial charge in [0.15, 0.2) is 11.9 Å². The lowest BCUT2D eigenvalue weighted by Gasteiger charge is -2.32. The topological polar surface area (TPSA) is 71.1 Å². The minimum Gasteiger partial charge on any atom is -0.481 e. The Balaban J connectivity index is 1.30. The lowest BCUT2D eigenvalue weighted by molar-refractivity contribution is -0.139. The van der Waals surface area contributed by atoms with Gasteiger partial charge in [0.1, 0.15) is 11.6 Å². The van der Waals surface area contributed by atoms with Crippen molar-refractivity contribution in [1.82, 2.24) is 20.1 Å². The molecule has 0 radical (unpaired) electrons. The summed E-state index contributed by atoms with van der Waals surface area (Å²) in [5.74, 6) is 3.63. The second-order valence-electron chi connectivity index (χ2n) is 7.17. The molecule has 1 saturated carbocycles. The zero-order valence-corrected chi connectivity index (χ0v) is 16.4. The van der Waals surface area contributed by atoms with E-state index in [1.54, 1.807) is 0 Å². The van der Waals surface area contributed by atoms with Crippen molar-refractivity contribution in [2.75, 3.05) is 13.1 Å². The van der Waals surface area contributed by atoms with E-state index in [4.69, 9.17) is 4.74 Å². The average Bonchev–Trinajstić information content (AvgIpc) is 3.40. The van der Waals surface area contributed by atoms with Crippen LogP contribution in [0.4, 0.5) is 0 Å². The van der Waals surface area contributed by atoms with E-state index in [1.165, 1.54) is 12.8 Å². The van der Waals surface area contributed by atoms with Crippen molar-refractivity contribution in [2.45, 2.75) is 50.5 Å².